The molecule has 4 nitrogen and oxygen atoms in total. The normalized spacial score (nSPS) is 16.3. The molecule has 4 heteroatoms. The zero-order chi connectivity index (χ0) is 13.9. The van der Waals surface area contributed by atoms with E-state index in [1.807, 2.05) is 0 Å². The Morgan fingerprint density at radius 1 is 1.21 bits per heavy atom. The molecule has 0 aromatic rings. The van der Waals surface area contributed by atoms with Crippen LogP contribution in [-0.2, 0) is 0 Å². The second-order valence-corrected chi connectivity index (χ2v) is 4.93. The van der Waals surface area contributed by atoms with E-state index in [4.69, 9.17) is 0 Å². The predicted molar refractivity (Wildman–Crippen MR) is 83.7 cm³/mol. The Morgan fingerprint density at radius 2 is 1.89 bits per heavy atom. The minimum Gasteiger partial charge on any atom is -0.357 e. The van der Waals surface area contributed by atoms with Crippen LogP contribution >= 0.6 is 0 Å². The molecule has 1 aliphatic rings. The summed E-state index contributed by atoms with van der Waals surface area (Å²) in [5.74, 6) is 0.968. The number of aliphatic imine (C=N–C) groups is 1. The number of hydrogen-bond donors (Lipinski definition) is 2. The van der Waals surface area contributed by atoms with Crippen molar-refractivity contribution in [2.24, 2.45) is 4.99 Å². The monoisotopic (exact) mass is 266 g/mol. The molecule has 0 atom stereocenters. The molecule has 0 unspecified atom stereocenters. The first-order valence-corrected chi connectivity index (χ1v) is 7.72. The summed E-state index contributed by atoms with van der Waals surface area (Å²) in [4.78, 5) is 7.10. The van der Waals surface area contributed by atoms with Gasteiger partial charge in [-0.2, -0.15) is 0 Å². The highest BCUT2D eigenvalue weighted by atomic mass is 15.2. The Balaban J connectivity index is 2.27. The van der Waals surface area contributed by atoms with Gasteiger partial charge in [-0.25, -0.2) is 0 Å². The fraction of sp³-hybridized carbons (Fsp3) is 0.800. The van der Waals surface area contributed by atoms with E-state index in [1.54, 1.807) is 0 Å². The average molecular weight is 266 g/mol. The number of nitrogens with one attached hydrogen (secondary N) is 2. The van der Waals surface area contributed by atoms with Gasteiger partial charge < -0.3 is 15.5 Å². The quantitative estimate of drug-likeness (QED) is 0.305. The summed E-state index contributed by atoms with van der Waals surface area (Å²) in [5.41, 5.74) is 0. The van der Waals surface area contributed by atoms with Gasteiger partial charge in [-0.05, 0) is 45.8 Å². The maximum absolute atomic E-state index is 4.66. The number of rotatable bonds is 8. The topological polar surface area (TPSA) is 39.7 Å². The van der Waals surface area contributed by atoms with E-state index >= 15 is 0 Å². The molecule has 0 aromatic carbocycles. The lowest BCUT2D eigenvalue weighted by Gasteiger charge is -2.18. The summed E-state index contributed by atoms with van der Waals surface area (Å²) >= 11 is 0. The molecule has 0 aromatic heterocycles. The SMILES string of the molecule is CCNC(=NCCCN(CC)CC)NC1CC=CC1. The van der Waals surface area contributed by atoms with Crippen LogP contribution < -0.4 is 10.6 Å². The van der Waals surface area contributed by atoms with Crippen LogP contribution in [0.1, 0.15) is 40.0 Å². The van der Waals surface area contributed by atoms with Crippen LogP contribution in [0.3, 0.4) is 0 Å². The van der Waals surface area contributed by atoms with Crippen LogP contribution in [0.2, 0.25) is 0 Å². The molecular weight excluding hydrogens is 236 g/mol. The van der Waals surface area contributed by atoms with Crippen molar-refractivity contribution in [2.75, 3.05) is 32.7 Å². The lowest BCUT2D eigenvalue weighted by Crippen LogP contribution is -2.42. The van der Waals surface area contributed by atoms with E-state index in [9.17, 15) is 0 Å². The van der Waals surface area contributed by atoms with Gasteiger partial charge in [0.1, 0.15) is 0 Å². The number of guanidine groups is 1. The van der Waals surface area contributed by atoms with Crippen molar-refractivity contribution in [3.8, 4) is 0 Å². The standard InChI is InChI=1S/C15H30N4/c1-4-16-15(18-14-10-7-8-11-14)17-12-9-13-19(5-2)6-3/h7-8,14H,4-6,9-13H2,1-3H3,(H2,16,17,18). The van der Waals surface area contributed by atoms with Gasteiger partial charge in [0.25, 0.3) is 0 Å². The molecule has 1 aliphatic carbocycles. The van der Waals surface area contributed by atoms with E-state index in [1.165, 1.54) is 0 Å². The molecule has 0 amide bonds. The number of nitrogens with zero attached hydrogens (tertiary/aromatic N) is 2. The third-order valence-electron chi connectivity index (χ3n) is 3.49. The highest BCUT2D eigenvalue weighted by Crippen LogP contribution is 2.08. The van der Waals surface area contributed by atoms with Gasteiger partial charge in [0.15, 0.2) is 5.96 Å². The highest BCUT2D eigenvalue weighted by molar-refractivity contribution is 5.80. The molecule has 0 aliphatic heterocycles. The molecule has 0 heterocycles. The van der Waals surface area contributed by atoms with E-state index in [0.717, 1.165) is 57.9 Å². The van der Waals surface area contributed by atoms with Crippen LogP contribution in [0, 0.1) is 0 Å². The summed E-state index contributed by atoms with van der Waals surface area (Å²) in [6.45, 7) is 11.8. The van der Waals surface area contributed by atoms with E-state index in [0.29, 0.717) is 6.04 Å². The Hall–Kier alpha value is -1.03. The molecule has 0 bridgehead atoms. The minimum absolute atomic E-state index is 0.528. The largest absolute Gasteiger partial charge is 0.357 e. The van der Waals surface area contributed by atoms with Crippen molar-refractivity contribution in [3.05, 3.63) is 12.2 Å². The van der Waals surface area contributed by atoms with Crippen molar-refractivity contribution in [3.63, 3.8) is 0 Å². The van der Waals surface area contributed by atoms with Crippen molar-refractivity contribution in [1.29, 1.82) is 0 Å². The molecule has 0 saturated carbocycles. The molecule has 0 radical (unpaired) electrons. The summed E-state index contributed by atoms with van der Waals surface area (Å²) in [6, 6.07) is 0.528. The van der Waals surface area contributed by atoms with Crippen LogP contribution in [0.25, 0.3) is 0 Å². The van der Waals surface area contributed by atoms with Crippen LogP contribution in [-0.4, -0.2) is 49.6 Å². The molecule has 110 valence electrons. The van der Waals surface area contributed by atoms with E-state index < -0.39 is 0 Å². The first-order valence-electron chi connectivity index (χ1n) is 7.72. The van der Waals surface area contributed by atoms with Gasteiger partial charge in [-0.1, -0.05) is 26.0 Å². The second kappa shape index (κ2) is 9.84. The van der Waals surface area contributed by atoms with Gasteiger partial charge in [0.05, 0.1) is 0 Å². The maximum atomic E-state index is 4.66. The summed E-state index contributed by atoms with van der Waals surface area (Å²) in [7, 11) is 0. The lowest BCUT2D eigenvalue weighted by molar-refractivity contribution is 0.302. The van der Waals surface area contributed by atoms with Crippen molar-refractivity contribution < 1.29 is 0 Å². The zero-order valence-corrected chi connectivity index (χ0v) is 12.8. The van der Waals surface area contributed by atoms with Gasteiger partial charge in [-0.3, -0.25) is 4.99 Å². The van der Waals surface area contributed by atoms with Gasteiger partial charge in [-0.15, -0.1) is 0 Å². The summed E-state index contributed by atoms with van der Waals surface area (Å²) < 4.78 is 0. The fourth-order valence-corrected chi connectivity index (χ4v) is 2.27. The van der Waals surface area contributed by atoms with Crippen molar-refractivity contribution in [1.82, 2.24) is 15.5 Å². The minimum atomic E-state index is 0.528. The van der Waals surface area contributed by atoms with Gasteiger partial charge >= 0.3 is 0 Å². The molecule has 0 spiro atoms. The molecule has 0 saturated heterocycles. The summed E-state index contributed by atoms with van der Waals surface area (Å²) in [5, 5.41) is 6.82. The molecule has 2 N–H and O–H groups in total. The van der Waals surface area contributed by atoms with Crippen LogP contribution in [0.4, 0.5) is 0 Å². The molecule has 1 rings (SSSR count). The van der Waals surface area contributed by atoms with Gasteiger partial charge in [0, 0.05) is 19.1 Å². The Bertz CT molecular complexity index is 274. The highest BCUT2D eigenvalue weighted by Gasteiger charge is 2.11. The molecule has 0 fully saturated rings. The van der Waals surface area contributed by atoms with E-state index in [-0.39, 0.29) is 0 Å². The third kappa shape index (κ3) is 6.62. The van der Waals surface area contributed by atoms with Crippen molar-refractivity contribution >= 4 is 5.96 Å². The Morgan fingerprint density at radius 3 is 2.47 bits per heavy atom. The third-order valence-corrected chi connectivity index (χ3v) is 3.49. The lowest BCUT2D eigenvalue weighted by atomic mass is 10.2. The van der Waals surface area contributed by atoms with E-state index in [2.05, 4.69) is 53.4 Å². The Labute approximate surface area is 118 Å². The number of hydrogen-bond acceptors (Lipinski definition) is 2. The van der Waals surface area contributed by atoms with Crippen molar-refractivity contribution in [2.45, 2.75) is 46.1 Å². The molecular formula is C15H30N4. The second-order valence-electron chi connectivity index (χ2n) is 4.93. The molecule has 19 heavy (non-hydrogen) atoms. The van der Waals surface area contributed by atoms with Crippen LogP contribution in [0.15, 0.2) is 17.1 Å². The first-order chi connectivity index (χ1) is 9.30. The maximum Gasteiger partial charge on any atom is 0.191 e. The fourth-order valence-electron chi connectivity index (χ4n) is 2.27. The van der Waals surface area contributed by atoms with Gasteiger partial charge in [0.2, 0.25) is 0 Å². The van der Waals surface area contributed by atoms with Crippen LogP contribution in [0.5, 0.6) is 0 Å². The average Bonchev–Trinajstić information content (AvgIpc) is 2.92. The smallest absolute Gasteiger partial charge is 0.191 e. The zero-order valence-electron chi connectivity index (χ0n) is 12.8. The summed E-state index contributed by atoms with van der Waals surface area (Å²) in [6.07, 6.45) is 7.83. The predicted octanol–water partition coefficient (Wildman–Crippen LogP) is 1.99. The Kier molecular flexibility index (Phi) is 8.30. The first kappa shape index (κ1) is 16.0.